The summed E-state index contributed by atoms with van der Waals surface area (Å²) >= 11 is 12.4. The Hall–Kier alpha value is -3.85. The third kappa shape index (κ3) is 9.33. The van der Waals surface area contributed by atoms with Gasteiger partial charge in [0, 0.05) is 29.6 Å². The van der Waals surface area contributed by atoms with E-state index in [0.29, 0.717) is 22.2 Å². The zero-order valence-electron chi connectivity index (χ0n) is 25.5. The molecule has 4 aromatic rings. The van der Waals surface area contributed by atoms with E-state index in [1.165, 1.54) is 17.0 Å². The first-order chi connectivity index (χ1) is 21.4. The van der Waals surface area contributed by atoms with Crippen molar-refractivity contribution < 1.29 is 18.0 Å². The predicted octanol–water partition coefficient (Wildman–Crippen LogP) is 6.91. The second-order valence-electron chi connectivity index (χ2n) is 11.3. The smallest absolute Gasteiger partial charge is 0.264 e. The molecule has 45 heavy (non-hydrogen) atoms. The fourth-order valence-corrected chi connectivity index (χ4v) is 6.54. The molecule has 0 aliphatic rings. The number of carbonyl (C=O) groups excluding carboxylic acids is 2. The normalized spacial score (nSPS) is 12.0. The molecule has 0 fully saturated rings. The molecule has 0 bridgehead atoms. The van der Waals surface area contributed by atoms with Crippen LogP contribution in [-0.4, -0.2) is 44.3 Å². The Balaban J connectivity index is 1.79. The van der Waals surface area contributed by atoms with Crippen LogP contribution in [0.4, 0.5) is 5.69 Å². The Morgan fingerprint density at radius 3 is 2.07 bits per heavy atom. The number of carbonyl (C=O) groups is 2. The zero-order chi connectivity index (χ0) is 32.6. The molecule has 0 saturated carbocycles. The van der Waals surface area contributed by atoms with E-state index in [2.05, 4.69) is 5.32 Å². The van der Waals surface area contributed by atoms with Crippen LogP contribution in [-0.2, 0) is 32.6 Å². The number of hydrogen-bond donors (Lipinski definition) is 1. The molecule has 1 atom stereocenters. The minimum absolute atomic E-state index is 0.0328. The molecule has 4 aromatic carbocycles. The first-order valence-corrected chi connectivity index (χ1v) is 16.8. The topological polar surface area (TPSA) is 86.8 Å². The number of benzene rings is 4. The lowest BCUT2D eigenvalue weighted by Gasteiger charge is -2.34. The van der Waals surface area contributed by atoms with Crippen LogP contribution in [0.3, 0.4) is 0 Å². The van der Waals surface area contributed by atoms with Gasteiger partial charge < -0.3 is 10.2 Å². The van der Waals surface area contributed by atoms with Crippen molar-refractivity contribution in [2.24, 2.45) is 5.92 Å². The maximum atomic E-state index is 14.5. The number of sulfonamides is 1. The molecule has 1 N–H and O–H groups in total. The van der Waals surface area contributed by atoms with Gasteiger partial charge in [-0.3, -0.25) is 13.9 Å². The van der Waals surface area contributed by atoms with Gasteiger partial charge in [0.15, 0.2) is 0 Å². The Kier molecular flexibility index (Phi) is 11.7. The van der Waals surface area contributed by atoms with Gasteiger partial charge in [-0.2, -0.15) is 0 Å². The summed E-state index contributed by atoms with van der Waals surface area (Å²) in [6, 6.07) is 28.2. The molecule has 0 aliphatic heterocycles. The van der Waals surface area contributed by atoms with Crippen LogP contribution < -0.4 is 9.62 Å². The van der Waals surface area contributed by atoms with E-state index in [9.17, 15) is 18.0 Å². The van der Waals surface area contributed by atoms with Gasteiger partial charge in [0.25, 0.3) is 10.0 Å². The van der Waals surface area contributed by atoms with Crippen LogP contribution in [0.2, 0.25) is 10.0 Å². The average molecular weight is 667 g/mol. The molecule has 1 unspecified atom stereocenters. The molecule has 2 amide bonds. The van der Waals surface area contributed by atoms with Crippen LogP contribution in [0.25, 0.3) is 0 Å². The standard InChI is InChI=1S/C35H37Cl2N3O4S/c1-25(2)22-38-35(42)33(21-27-8-5-4-6-9-27)39(23-28-10-7-11-30(37)20-28)34(41)24-40(31-16-14-29(36)15-17-31)45(43,44)32-18-12-26(3)13-19-32/h4-20,25,33H,21-24H2,1-3H3,(H,38,42). The third-order valence-corrected chi connectivity index (χ3v) is 9.48. The number of hydrogen-bond acceptors (Lipinski definition) is 4. The minimum atomic E-state index is -4.20. The van der Waals surface area contributed by atoms with Gasteiger partial charge in [-0.05, 0) is 72.5 Å². The van der Waals surface area contributed by atoms with Crippen molar-refractivity contribution in [3.05, 3.63) is 130 Å². The van der Waals surface area contributed by atoms with Crippen LogP contribution in [0.15, 0.2) is 108 Å². The Labute approximate surface area is 275 Å². The van der Waals surface area contributed by atoms with Gasteiger partial charge in [0.1, 0.15) is 12.6 Å². The number of aryl methyl sites for hydroxylation is 1. The highest BCUT2D eigenvalue weighted by Crippen LogP contribution is 2.27. The van der Waals surface area contributed by atoms with E-state index in [1.54, 1.807) is 54.6 Å². The molecular formula is C35H37Cl2N3O4S. The summed E-state index contributed by atoms with van der Waals surface area (Å²) in [5, 5.41) is 3.88. The summed E-state index contributed by atoms with van der Waals surface area (Å²) in [5.41, 5.74) is 2.71. The molecule has 0 aliphatic carbocycles. The summed E-state index contributed by atoms with van der Waals surface area (Å²) in [6.45, 7) is 5.73. The molecule has 236 valence electrons. The highest BCUT2D eigenvalue weighted by molar-refractivity contribution is 7.92. The van der Waals surface area contributed by atoms with E-state index in [-0.39, 0.29) is 35.4 Å². The molecule has 0 radical (unpaired) electrons. The van der Waals surface area contributed by atoms with Crippen molar-refractivity contribution in [2.75, 3.05) is 17.4 Å². The van der Waals surface area contributed by atoms with Gasteiger partial charge in [0.05, 0.1) is 10.6 Å². The summed E-state index contributed by atoms with van der Waals surface area (Å²) < 4.78 is 29.2. The quantitative estimate of drug-likeness (QED) is 0.168. The summed E-state index contributed by atoms with van der Waals surface area (Å²) in [6.07, 6.45) is 0.225. The van der Waals surface area contributed by atoms with Crippen molar-refractivity contribution >= 4 is 50.7 Å². The second kappa shape index (κ2) is 15.4. The fourth-order valence-electron chi connectivity index (χ4n) is 4.78. The lowest BCUT2D eigenvalue weighted by Crippen LogP contribution is -2.53. The van der Waals surface area contributed by atoms with Crippen LogP contribution in [0, 0.1) is 12.8 Å². The van der Waals surface area contributed by atoms with E-state index in [1.807, 2.05) is 57.2 Å². The molecule has 10 heteroatoms. The molecule has 0 aromatic heterocycles. The highest BCUT2D eigenvalue weighted by atomic mass is 35.5. The third-order valence-electron chi connectivity index (χ3n) is 7.20. The summed E-state index contributed by atoms with van der Waals surface area (Å²) in [7, 11) is -4.20. The van der Waals surface area contributed by atoms with E-state index < -0.39 is 28.5 Å². The van der Waals surface area contributed by atoms with Gasteiger partial charge >= 0.3 is 0 Å². The van der Waals surface area contributed by atoms with Crippen LogP contribution in [0.1, 0.15) is 30.5 Å². The molecule has 0 saturated heterocycles. The molecule has 4 rings (SSSR count). The van der Waals surface area contributed by atoms with Gasteiger partial charge in [0.2, 0.25) is 11.8 Å². The highest BCUT2D eigenvalue weighted by Gasteiger charge is 2.34. The first kappa shape index (κ1) is 34.0. The van der Waals surface area contributed by atoms with Gasteiger partial charge in [-0.25, -0.2) is 8.42 Å². The lowest BCUT2D eigenvalue weighted by molar-refractivity contribution is -0.140. The maximum Gasteiger partial charge on any atom is 0.264 e. The van der Waals surface area contributed by atoms with E-state index in [4.69, 9.17) is 23.2 Å². The molecule has 0 spiro atoms. The Morgan fingerprint density at radius 1 is 0.800 bits per heavy atom. The Morgan fingerprint density at radius 2 is 1.44 bits per heavy atom. The SMILES string of the molecule is Cc1ccc(S(=O)(=O)N(CC(=O)N(Cc2cccc(Cl)c2)C(Cc2ccccc2)C(=O)NCC(C)C)c2ccc(Cl)cc2)cc1. The molecule has 0 heterocycles. The average Bonchev–Trinajstić information content (AvgIpc) is 3.01. The summed E-state index contributed by atoms with van der Waals surface area (Å²) in [5.74, 6) is -0.702. The predicted molar refractivity (Wildman–Crippen MR) is 181 cm³/mol. The number of anilines is 1. The maximum absolute atomic E-state index is 14.5. The number of rotatable bonds is 13. The van der Waals surface area contributed by atoms with Crippen molar-refractivity contribution in [3.8, 4) is 0 Å². The first-order valence-electron chi connectivity index (χ1n) is 14.6. The fraction of sp³-hybridized carbons (Fsp3) is 0.257. The second-order valence-corrected chi connectivity index (χ2v) is 14.0. The number of nitrogens with zero attached hydrogens (tertiary/aromatic N) is 2. The number of halogens is 2. The van der Waals surface area contributed by atoms with Crippen LogP contribution >= 0.6 is 23.2 Å². The molecule has 7 nitrogen and oxygen atoms in total. The van der Waals surface area contributed by atoms with Crippen molar-refractivity contribution in [2.45, 2.75) is 44.7 Å². The van der Waals surface area contributed by atoms with Crippen LogP contribution in [0.5, 0.6) is 0 Å². The van der Waals surface area contributed by atoms with Gasteiger partial charge in [-0.15, -0.1) is 0 Å². The van der Waals surface area contributed by atoms with Crippen molar-refractivity contribution in [1.29, 1.82) is 0 Å². The van der Waals surface area contributed by atoms with E-state index in [0.717, 1.165) is 15.4 Å². The Bertz CT molecular complexity index is 1700. The lowest BCUT2D eigenvalue weighted by atomic mass is 10.0. The number of nitrogens with one attached hydrogen (secondary N) is 1. The van der Waals surface area contributed by atoms with Gasteiger partial charge in [-0.1, -0.05) is 97.2 Å². The number of amides is 2. The monoisotopic (exact) mass is 665 g/mol. The van der Waals surface area contributed by atoms with Crippen molar-refractivity contribution in [1.82, 2.24) is 10.2 Å². The summed E-state index contributed by atoms with van der Waals surface area (Å²) in [4.78, 5) is 29.8. The molecular weight excluding hydrogens is 629 g/mol. The van der Waals surface area contributed by atoms with Crippen molar-refractivity contribution in [3.63, 3.8) is 0 Å². The van der Waals surface area contributed by atoms with E-state index >= 15 is 0 Å². The largest absolute Gasteiger partial charge is 0.354 e. The minimum Gasteiger partial charge on any atom is -0.354 e. The zero-order valence-corrected chi connectivity index (χ0v) is 27.8.